The lowest BCUT2D eigenvalue weighted by atomic mass is 9.86. The van der Waals surface area contributed by atoms with Crippen LogP contribution in [0.2, 0.25) is 0 Å². The third-order valence-corrected chi connectivity index (χ3v) is 7.55. The number of aliphatic carboxylic acids is 1. The van der Waals surface area contributed by atoms with Gasteiger partial charge in [-0.15, -0.1) is 0 Å². The van der Waals surface area contributed by atoms with E-state index < -0.39 is 12.0 Å². The molecule has 2 aliphatic heterocycles. The minimum atomic E-state index is -0.932. The second-order valence-corrected chi connectivity index (χ2v) is 10.2. The van der Waals surface area contributed by atoms with E-state index in [4.69, 9.17) is 15.9 Å². The summed E-state index contributed by atoms with van der Waals surface area (Å²) >= 11 is 0. The van der Waals surface area contributed by atoms with Gasteiger partial charge < -0.3 is 30.7 Å². The van der Waals surface area contributed by atoms with Gasteiger partial charge in [-0.25, -0.2) is 0 Å². The zero-order valence-corrected chi connectivity index (χ0v) is 20.1. The zero-order chi connectivity index (χ0) is 23.8. The Hall–Kier alpha value is -1.87. The quantitative estimate of drug-likeness (QED) is 0.303. The molecule has 0 spiro atoms. The molecule has 0 aromatic heterocycles. The summed E-state index contributed by atoms with van der Waals surface area (Å²) in [5.41, 5.74) is 5.56. The number of carbonyl (C=O) groups excluding carboxylic acids is 1. The van der Waals surface area contributed by atoms with Crippen molar-refractivity contribution in [2.75, 3.05) is 26.2 Å². The SMILES string of the molecule is C[C@@H]1CCCC(N[C@@H](CC(=O)O)C(=O)N2CCCC[C@H]2CCOC2CCN(C(=N)N)CC2)C1. The molecule has 0 aromatic carbocycles. The molecule has 188 valence electrons. The number of ether oxygens (including phenoxy) is 1. The first kappa shape index (κ1) is 25.7. The third kappa shape index (κ3) is 7.84. The number of likely N-dealkylation sites (tertiary alicyclic amines) is 2. The van der Waals surface area contributed by atoms with Crippen LogP contribution < -0.4 is 11.1 Å². The van der Waals surface area contributed by atoms with Crippen molar-refractivity contribution in [3.63, 3.8) is 0 Å². The molecule has 2 saturated heterocycles. The molecule has 3 aliphatic rings. The number of rotatable bonds is 9. The fourth-order valence-corrected chi connectivity index (χ4v) is 5.69. The van der Waals surface area contributed by atoms with E-state index in [1.807, 2.05) is 9.80 Å². The number of nitrogens with zero attached hydrogens (tertiary/aromatic N) is 2. The molecule has 0 radical (unpaired) electrons. The van der Waals surface area contributed by atoms with Gasteiger partial charge in [0.25, 0.3) is 0 Å². The van der Waals surface area contributed by atoms with Gasteiger partial charge in [0.1, 0.15) is 0 Å². The first-order chi connectivity index (χ1) is 15.8. The van der Waals surface area contributed by atoms with Crippen molar-refractivity contribution >= 4 is 17.8 Å². The minimum absolute atomic E-state index is 0.0601. The standard InChI is InChI=1S/C24H43N5O4/c1-17-5-4-6-18(15-17)27-21(16-22(30)31)23(32)29-11-3-2-7-19(29)10-14-33-20-8-12-28(13-9-20)24(25)26/h17-21,27H,2-16H2,1H3,(H3,25,26)(H,30,31)/t17-,18?,19+,21+/m1/s1. The lowest BCUT2D eigenvalue weighted by Gasteiger charge is -2.39. The largest absolute Gasteiger partial charge is 0.481 e. The van der Waals surface area contributed by atoms with Crippen LogP contribution in [-0.2, 0) is 14.3 Å². The van der Waals surface area contributed by atoms with Crippen LogP contribution in [0.15, 0.2) is 0 Å². The molecule has 0 bridgehead atoms. The van der Waals surface area contributed by atoms with Crippen LogP contribution in [0.3, 0.4) is 0 Å². The average molecular weight is 466 g/mol. The Morgan fingerprint density at radius 1 is 1.12 bits per heavy atom. The van der Waals surface area contributed by atoms with Gasteiger partial charge in [0.05, 0.1) is 18.6 Å². The Morgan fingerprint density at radius 2 is 1.88 bits per heavy atom. The molecule has 2 heterocycles. The summed E-state index contributed by atoms with van der Waals surface area (Å²) in [6.07, 6.45) is 9.83. The summed E-state index contributed by atoms with van der Waals surface area (Å²) < 4.78 is 6.11. The molecule has 3 fully saturated rings. The maximum atomic E-state index is 13.5. The van der Waals surface area contributed by atoms with Crippen molar-refractivity contribution in [1.82, 2.24) is 15.1 Å². The summed E-state index contributed by atoms with van der Waals surface area (Å²) in [5.74, 6) is -0.260. The minimum Gasteiger partial charge on any atom is -0.481 e. The van der Waals surface area contributed by atoms with Crippen LogP contribution in [0.4, 0.5) is 0 Å². The molecule has 3 rings (SSSR count). The van der Waals surface area contributed by atoms with Gasteiger partial charge in [0.2, 0.25) is 5.91 Å². The molecule has 5 N–H and O–H groups in total. The van der Waals surface area contributed by atoms with Gasteiger partial charge in [-0.3, -0.25) is 15.0 Å². The number of nitrogens with one attached hydrogen (secondary N) is 2. The molecule has 33 heavy (non-hydrogen) atoms. The molecule has 1 amide bonds. The van der Waals surface area contributed by atoms with Crippen LogP contribution in [-0.4, -0.2) is 83.2 Å². The van der Waals surface area contributed by atoms with E-state index in [9.17, 15) is 14.7 Å². The number of nitrogens with two attached hydrogens (primary N) is 1. The molecule has 9 heteroatoms. The van der Waals surface area contributed by atoms with Gasteiger partial charge >= 0.3 is 5.97 Å². The molecule has 9 nitrogen and oxygen atoms in total. The summed E-state index contributed by atoms with van der Waals surface area (Å²) in [7, 11) is 0. The van der Waals surface area contributed by atoms with E-state index in [1.165, 1.54) is 6.42 Å². The van der Waals surface area contributed by atoms with E-state index in [1.54, 1.807) is 0 Å². The number of carbonyl (C=O) groups is 2. The number of hydrogen-bond acceptors (Lipinski definition) is 5. The first-order valence-electron chi connectivity index (χ1n) is 12.8. The second kappa shape index (κ2) is 12.6. The predicted molar refractivity (Wildman–Crippen MR) is 127 cm³/mol. The predicted octanol–water partition coefficient (Wildman–Crippen LogP) is 2.14. The molecular weight excluding hydrogens is 422 g/mol. The van der Waals surface area contributed by atoms with Crippen molar-refractivity contribution in [3.8, 4) is 0 Å². The van der Waals surface area contributed by atoms with Crippen LogP contribution >= 0.6 is 0 Å². The average Bonchev–Trinajstić information content (AvgIpc) is 2.78. The lowest BCUT2D eigenvalue weighted by molar-refractivity contribution is -0.145. The molecule has 1 saturated carbocycles. The molecular formula is C24H43N5O4. The van der Waals surface area contributed by atoms with Crippen molar-refractivity contribution in [1.29, 1.82) is 5.41 Å². The summed E-state index contributed by atoms with van der Waals surface area (Å²) in [6, 6.07) is -0.336. The van der Waals surface area contributed by atoms with Crippen molar-refractivity contribution in [2.45, 2.75) is 102 Å². The topological polar surface area (TPSA) is 132 Å². The van der Waals surface area contributed by atoms with Crippen LogP contribution in [0.25, 0.3) is 0 Å². The Labute approximate surface area is 197 Å². The van der Waals surface area contributed by atoms with Crippen LogP contribution in [0, 0.1) is 11.3 Å². The normalized spacial score (nSPS) is 27.8. The Morgan fingerprint density at radius 3 is 2.55 bits per heavy atom. The second-order valence-electron chi connectivity index (χ2n) is 10.2. The molecule has 1 unspecified atom stereocenters. The van der Waals surface area contributed by atoms with E-state index >= 15 is 0 Å². The van der Waals surface area contributed by atoms with E-state index in [0.29, 0.717) is 19.1 Å². The number of hydrogen-bond donors (Lipinski definition) is 4. The smallest absolute Gasteiger partial charge is 0.305 e. The third-order valence-electron chi connectivity index (χ3n) is 7.55. The number of amides is 1. The lowest BCUT2D eigenvalue weighted by Crippen LogP contribution is -2.55. The van der Waals surface area contributed by atoms with Crippen LogP contribution in [0.5, 0.6) is 0 Å². The van der Waals surface area contributed by atoms with E-state index in [2.05, 4.69) is 12.2 Å². The van der Waals surface area contributed by atoms with Crippen LogP contribution in [0.1, 0.15) is 77.6 Å². The molecule has 4 atom stereocenters. The zero-order valence-electron chi connectivity index (χ0n) is 20.1. The Balaban J connectivity index is 1.52. The molecule has 0 aromatic rings. The summed E-state index contributed by atoms with van der Waals surface area (Å²) in [4.78, 5) is 28.8. The van der Waals surface area contributed by atoms with Crippen molar-refractivity contribution < 1.29 is 19.4 Å². The first-order valence-corrected chi connectivity index (χ1v) is 12.8. The Kier molecular flexibility index (Phi) is 9.79. The summed E-state index contributed by atoms with van der Waals surface area (Å²) in [6.45, 7) is 5.01. The van der Waals surface area contributed by atoms with E-state index in [0.717, 1.165) is 70.9 Å². The fourth-order valence-electron chi connectivity index (χ4n) is 5.69. The fraction of sp³-hybridized carbons (Fsp3) is 0.875. The number of piperidine rings is 2. The van der Waals surface area contributed by atoms with Gasteiger partial charge in [0, 0.05) is 38.3 Å². The van der Waals surface area contributed by atoms with Gasteiger partial charge in [-0.1, -0.05) is 19.8 Å². The van der Waals surface area contributed by atoms with E-state index in [-0.39, 0.29) is 36.5 Å². The number of guanidine groups is 1. The van der Waals surface area contributed by atoms with Crippen molar-refractivity contribution in [2.24, 2.45) is 11.7 Å². The maximum Gasteiger partial charge on any atom is 0.305 e. The Bertz CT molecular complexity index is 667. The highest BCUT2D eigenvalue weighted by Gasteiger charge is 2.34. The summed E-state index contributed by atoms with van der Waals surface area (Å²) in [5, 5.41) is 20.4. The maximum absolute atomic E-state index is 13.5. The van der Waals surface area contributed by atoms with Gasteiger partial charge in [-0.05, 0) is 57.3 Å². The van der Waals surface area contributed by atoms with Gasteiger partial charge in [-0.2, -0.15) is 0 Å². The number of carboxylic acids is 1. The van der Waals surface area contributed by atoms with Crippen molar-refractivity contribution in [3.05, 3.63) is 0 Å². The highest BCUT2D eigenvalue weighted by molar-refractivity contribution is 5.86. The number of carboxylic acid groups (broad SMARTS) is 1. The van der Waals surface area contributed by atoms with Gasteiger partial charge in [0.15, 0.2) is 5.96 Å². The monoisotopic (exact) mass is 465 g/mol. The highest BCUT2D eigenvalue weighted by atomic mass is 16.5. The highest BCUT2D eigenvalue weighted by Crippen LogP contribution is 2.26. The molecule has 1 aliphatic carbocycles.